The molecule has 20 heavy (non-hydrogen) atoms. The van der Waals surface area contributed by atoms with Crippen molar-refractivity contribution in [2.24, 2.45) is 0 Å². The lowest BCUT2D eigenvalue weighted by Crippen LogP contribution is -2.27. The van der Waals surface area contributed by atoms with Gasteiger partial charge in [-0.1, -0.05) is 6.07 Å². The summed E-state index contributed by atoms with van der Waals surface area (Å²) in [5.74, 6) is -1.49. The molecule has 0 aliphatic carbocycles. The summed E-state index contributed by atoms with van der Waals surface area (Å²) >= 11 is 0. The van der Waals surface area contributed by atoms with Crippen LogP contribution >= 0.6 is 0 Å². The number of sulfone groups is 1. The van der Waals surface area contributed by atoms with Crippen molar-refractivity contribution in [3.8, 4) is 0 Å². The SMILES string of the molecule is O=C(O)c1ccc(CN2CCCS(=O)(=O)CC2)c(F)c1. The second-order valence-electron chi connectivity index (χ2n) is 4.89. The fourth-order valence-corrected chi connectivity index (χ4v) is 3.51. The van der Waals surface area contributed by atoms with E-state index in [1.165, 1.54) is 12.1 Å². The van der Waals surface area contributed by atoms with Crippen molar-refractivity contribution in [1.82, 2.24) is 4.90 Å². The molecule has 0 bridgehead atoms. The number of carbonyl (C=O) groups is 1. The molecule has 1 heterocycles. The molecule has 0 saturated carbocycles. The van der Waals surface area contributed by atoms with Gasteiger partial charge in [-0.2, -0.15) is 0 Å². The molecule has 0 spiro atoms. The second-order valence-corrected chi connectivity index (χ2v) is 7.20. The number of aromatic carboxylic acids is 1. The molecule has 5 nitrogen and oxygen atoms in total. The molecule has 1 N–H and O–H groups in total. The van der Waals surface area contributed by atoms with E-state index in [2.05, 4.69) is 0 Å². The van der Waals surface area contributed by atoms with Crippen LogP contribution < -0.4 is 0 Å². The van der Waals surface area contributed by atoms with Crippen LogP contribution in [0.15, 0.2) is 18.2 Å². The maximum atomic E-state index is 13.8. The molecule has 0 aromatic heterocycles. The highest BCUT2D eigenvalue weighted by Gasteiger charge is 2.20. The number of benzene rings is 1. The molecule has 0 atom stereocenters. The predicted molar refractivity (Wildman–Crippen MR) is 71.9 cm³/mol. The summed E-state index contributed by atoms with van der Waals surface area (Å²) in [5, 5.41) is 8.77. The molecule has 2 rings (SSSR count). The summed E-state index contributed by atoms with van der Waals surface area (Å²) in [4.78, 5) is 12.6. The van der Waals surface area contributed by atoms with Crippen LogP contribution in [0.1, 0.15) is 22.3 Å². The zero-order valence-electron chi connectivity index (χ0n) is 10.9. The Labute approximate surface area is 116 Å². The Balaban J connectivity index is 2.08. The molecule has 0 unspecified atom stereocenters. The van der Waals surface area contributed by atoms with Gasteiger partial charge in [-0.25, -0.2) is 17.6 Å². The lowest BCUT2D eigenvalue weighted by atomic mass is 10.1. The van der Waals surface area contributed by atoms with Crippen LogP contribution in [0.2, 0.25) is 0 Å². The van der Waals surface area contributed by atoms with Crippen LogP contribution in [-0.4, -0.2) is 49.0 Å². The fourth-order valence-electron chi connectivity index (χ4n) is 2.20. The smallest absolute Gasteiger partial charge is 0.335 e. The zero-order chi connectivity index (χ0) is 14.8. The van der Waals surface area contributed by atoms with Gasteiger partial charge in [-0.3, -0.25) is 4.90 Å². The van der Waals surface area contributed by atoms with Gasteiger partial charge in [-0.15, -0.1) is 0 Å². The van der Waals surface area contributed by atoms with Gasteiger partial charge in [0.2, 0.25) is 0 Å². The maximum Gasteiger partial charge on any atom is 0.335 e. The van der Waals surface area contributed by atoms with Crippen molar-refractivity contribution in [2.75, 3.05) is 24.6 Å². The summed E-state index contributed by atoms with van der Waals surface area (Å²) in [6.45, 7) is 1.27. The van der Waals surface area contributed by atoms with Gasteiger partial charge in [0.25, 0.3) is 0 Å². The number of nitrogens with zero attached hydrogens (tertiary/aromatic N) is 1. The lowest BCUT2D eigenvalue weighted by molar-refractivity contribution is 0.0696. The molecule has 1 aliphatic rings. The third kappa shape index (κ3) is 3.77. The highest BCUT2D eigenvalue weighted by atomic mass is 32.2. The van der Waals surface area contributed by atoms with Gasteiger partial charge in [-0.05, 0) is 25.1 Å². The van der Waals surface area contributed by atoms with E-state index in [-0.39, 0.29) is 17.1 Å². The standard InChI is InChI=1S/C13H16FNO4S/c14-12-8-10(13(16)17)2-3-11(12)9-15-4-1-6-20(18,19)7-5-15/h2-3,8H,1,4-7,9H2,(H,16,17). The van der Waals surface area contributed by atoms with Crippen molar-refractivity contribution in [1.29, 1.82) is 0 Å². The van der Waals surface area contributed by atoms with Gasteiger partial charge in [0.05, 0.1) is 17.1 Å². The molecule has 1 fully saturated rings. The predicted octanol–water partition coefficient (Wildman–Crippen LogP) is 1.14. The summed E-state index contributed by atoms with van der Waals surface area (Å²) in [6, 6.07) is 3.79. The van der Waals surface area contributed by atoms with Crippen LogP contribution in [-0.2, 0) is 16.4 Å². The Morgan fingerprint density at radius 3 is 2.70 bits per heavy atom. The quantitative estimate of drug-likeness (QED) is 0.906. The molecule has 110 valence electrons. The first-order valence-corrected chi connectivity index (χ1v) is 8.14. The van der Waals surface area contributed by atoms with Gasteiger partial charge < -0.3 is 5.11 Å². The largest absolute Gasteiger partial charge is 0.478 e. The molecule has 1 aromatic rings. The van der Waals surface area contributed by atoms with Crippen molar-refractivity contribution in [3.63, 3.8) is 0 Å². The summed E-state index contributed by atoms with van der Waals surface area (Å²) < 4.78 is 36.8. The maximum absolute atomic E-state index is 13.8. The third-order valence-corrected chi connectivity index (χ3v) is 5.06. The Morgan fingerprint density at radius 2 is 2.05 bits per heavy atom. The zero-order valence-corrected chi connectivity index (χ0v) is 11.7. The Hall–Kier alpha value is -1.47. The number of rotatable bonds is 3. The number of carboxylic acid groups (broad SMARTS) is 1. The molecule has 1 aromatic carbocycles. The molecule has 1 aliphatic heterocycles. The second kappa shape index (κ2) is 5.88. The van der Waals surface area contributed by atoms with E-state index in [1.807, 2.05) is 4.90 Å². The topological polar surface area (TPSA) is 74.7 Å². The van der Waals surface area contributed by atoms with Gasteiger partial charge in [0, 0.05) is 18.7 Å². The van der Waals surface area contributed by atoms with Crippen molar-refractivity contribution < 1.29 is 22.7 Å². The van der Waals surface area contributed by atoms with Gasteiger partial charge in [0.15, 0.2) is 9.84 Å². The average Bonchev–Trinajstić information content (AvgIpc) is 2.53. The summed E-state index contributed by atoms with van der Waals surface area (Å²) in [6.07, 6.45) is 0.539. The van der Waals surface area contributed by atoms with E-state index < -0.39 is 21.6 Å². The van der Waals surface area contributed by atoms with Crippen molar-refractivity contribution >= 4 is 15.8 Å². The van der Waals surface area contributed by atoms with Crippen molar-refractivity contribution in [3.05, 3.63) is 35.1 Å². The van der Waals surface area contributed by atoms with E-state index in [4.69, 9.17) is 5.11 Å². The molecular weight excluding hydrogens is 285 g/mol. The normalized spacial score (nSPS) is 19.4. The molecule has 7 heteroatoms. The van der Waals surface area contributed by atoms with Crippen LogP contribution in [0.5, 0.6) is 0 Å². The Bertz CT molecular complexity index is 615. The first kappa shape index (κ1) is 14.9. The third-order valence-electron chi connectivity index (χ3n) is 3.34. The highest BCUT2D eigenvalue weighted by molar-refractivity contribution is 7.91. The van der Waals surface area contributed by atoms with E-state index in [9.17, 15) is 17.6 Å². The lowest BCUT2D eigenvalue weighted by Gasteiger charge is -2.19. The first-order valence-electron chi connectivity index (χ1n) is 6.32. The summed E-state index contributed by atoms with van der Waals surface area (Å²) in [5.41, 5.74) is 0.291. The minimum Gasteiger partial charge on any atom is -0.478 e. The summed E-state index contributed by atoms with van der Waals surface area (Å²) in [7, 11) is -2.99. The van der Waals surface area contributed by atoms with Crippen LogP contribution in [0.3, 0.4) is 0 Å². The molecule has 0 radical (unpaired) electrons. The van der Waals surface area contributed by atoms with E-state index in [0.29, 0.717) is 31.6 Å². The van der Waals surface area contributed by atoms with Gasteiger partial charge >= 0.3 is 5.97 Å². The number of carboxylic acids is 1. The van der Waals surface area contributed by atoms with Crippen LogP contribution in [0.25, 0.3) is 0 Å². The number of halogens is 1. The van der Waals surface area contributed by atoms with Crippen LogP contribution in [0, 0.1) is 5.82 Å². The number of hydrogen-bond donors (Lipinski definition) is 1. The van der Waals surface area contributed by atoms with Crippen LogP contribution in [0.4, 0.5) is 4.39 Å². The molecule has 1 saturated heterocycles. The first-order chi connectivity index (χ1) is 9.37. The van der Waals surface area contributed by atoms with Gasteiger partial charge in [0.1, 0.15) is 5.82 Å². The Morgan fingerprint density at radius 1 is 1.30 bits per heavy atom. The van der Waals surface area contributed by atoms with Crippen molar-refractivity contribution in [2.45, 2.75) is 13.0 Å². The van der Waals surface area contributed by atoms with E-state index >= 15 is 0 Å². The Kier molecular flexibility index (Phi) is 4.39. The van der Waals surface area contributed by atoms with E-state index in [0.717, 1.165) is 6.07 Å². The minimum absolute atomic E-state index is 0.0851. The highest BCUT2D eigenvalue weighted by Crippen LogP contribution is 2.15. The monoisotopic (exact) mass is 301 g/mol. The molecular formula is C13H16FNO4S. The average molecular weight is 301 g/mol. The number of hydrogen-bond acceptors (Lipinski definition) is 4. The fraction of sp³-hybridized carbons (Fsp3) is 0.462. The van der Waals surface area contributed by atoms with E-state index in [1.54, 1.807) is 0 Å². The minimum atomic E-state index is -2.99. The molecule has 0 amide bonds.